The van der Waals surface area contributed by atoms with E-state index in [-0.39, 0.29) is 0 Å². The predicted octanol–water partition coefficient (Wildman–Crippen LogP) is -0.824. The topological polar surface area (TPSA) is 99.4 Å². The smallest absolute Gasteiger partial charge is 0.184 e. The number of rotatable bonds is 4. The van der Waals surface area contributed by atoms with Gasteiger partial charge in [0.25, 0.3) is 0 Å². The number of benzene rings is 1. The summed E-state index contributed by atoms with van der Waals surface area (Å²) in [5.41, 5.74) is 0.711. The number of aliphatic hydroxyl groups excluding tert-OH is 4. The van der Waals surface area contributed by atoms with Crippen LogP contribution >= 0.6 is 0 Å². The van der Waals surface area contributed by atoms with Gasteiger partial charge >= 0.3 is 0 Å². The van der Waals surface area contributed by atoms with Crippen molar-refractivity contribution in [3.63, 3.8) is 0 Å². The SMILES string of the molecule is OC[C@@H](O)[C@H]1O[C@H](c2ccccc2)O[C@@H](CO)[C@H]1O. The molecular weight excluding hydrogens is 252 g/mol. The second-order valence-electron chi connectivity index (χ2n) is 4.44. The van der Waals surface area contributed by atoms with Gasteiger partial charge in [-0.2, -0.15) is 0 Å². The van der Waals surface area contributed by atoms with Crippen LogP contribution in [0.1, 0.15) is 11.9 Å². The van der Waals surface area contributed by atoms with Crippen molar-refractivity contribution in [3.8, 4) is 0 Å². The zero-order valence-electron chi connectivity index (χ0n) is 10.3. The van der Waals surface area contributed by atoms with E-state index in [0.717, 1.165) is 0 Å². The molecule has 1 aliphatic heterocycles. The maximum atomic E-state index is 9.91. The standard InChI is InChI=1S/C13H18O6/c14-6-9(16)12-11(17)10(7-15)18-13(19-12)8-4-2-1-3-5-8/h1-5,9-17H,6-7H2/t9-,10+,11-,12-,13-/m1/s1. The van der Waals surface area contributed by atoms with Crippen molar-refractivity contribution < 1.29 is 29.9 Å². The highest BCUT2D eigenvalue weighted by molar-refractivity contribution is 5.16. The third kappa shape index (κ3) is 3.11. The highest BCUT2D eigenvalue weighted by atomic mass is 16.7. The molecule has 0 radical (unpaired) electrons. The molecule has 0 bridgehead atoms. The summed E-state index contributed by atoms with van der Waals surface area (Å²) in [6.45, 7) is -0.941. The van der Waals surface area contributed by atoms with Crippen LogP contribution in [0.4, 0.5) is 0 Å². The van der Waals surface area contributed by atoms with Crippen molar-refractivity contribution in [2.75, 3.05) is 13.2 Å². The summed E-state index contributed by atoms with van der Waals surface area (Å²) in [7, 11) is 0. The second-order valence-corrected chi connectivity index (χ2v) is 4.44. The molecule has 6 heteroatoms. The summed E-state index contributed by atoms with van der Waals surface area (Å²) >= 11 is 0. The molecule has 5 atom stereocenters. The first-order valence-corrected chi connectivity index (χ1v) is 6.11. The van der Waals surface area contributed by atoms with Crippen molar-refractivity contribution in [3.05, 3.63) is 35.9 Å². The van der Waals surface area contributed by atoms with E-state index in [0.29, 0.717) is 5.56 Å². The molecule has 4 N–H and O–H groups in total. The van der Waals surface area contributed by atoms with Gasteiger partial charge in [-0.25, -0.2) is 0 Å². The minimum absolute atomic E-state index is 0.400. The van der Waals surface area contributed by atoms with E-state index in [4.69, 9.17) is 14.6 Å². The lowest BCUT2D eigenvalue weighted by atomic mass is 10.0. The molecule has 19 heavy (non-hydrogen) atoms. The molecule has 1 fully saturated rings. The van der Waals surface area contributed by atoms with Crippen LogP contribution in [0.25, 0.3) is 0 Å². The van der Waals surface area contributed by atoms with E-state index in [1.165, 1.54) is 0 Å². The zero-order chi connectivity index (χ0) is 13.8. The van der Waals surface area contributed by atoms with Gasteiger partial charge in [0, 0.05) is 5.56 Å². The van der Waals surface area contributed by atoms with Crippen LogP contribution in [0, 0.1) is 0 Å². The van der Waals surface area contributed by atoms with E-state index in [1.54, 1.807) is 24.3 Å². The van der Waals surface area contributed by atoms with Gasteiger partial charge < -0.3 is 29.9 Å². The average molecular weight is 270 g/mol. The minimum atomic E-state index is -1.24. The third-order valence-electron chi connectivity index (χ3n) is 3.11. The quantitative estimate of drug-likeness (QED) is 0.570. The summed E-state index contributed by atoms with van der Waals surface area (Å²) in [4.78, 5) is 0. The number of hydrogen-bond acceptors (Lipinski definition) is 6. The molecule has 6 nitrogen and oxygen atoms in total. The highest BCUT2D eigenvalue weighted by Crippen LogP contribution is 2.31. The Labute approximate surface area is 110 Å². The van der Waals surface area contributed by atoms with Gasteiger partial charge in [0.2, 0.25) is 0 Å². The molecule has 1 aromatic rings. The molecule has 106 valence electrons. The first-order chi connectivity index (χ1) is 9.17. The van der Waals surface area contributed by atoms with Crippen molar-refractivity contribution in [2.24, 2.45) is 0 Å². The predicted molar refractivity (Wildman–Crippen MR) is 65.1 cm³/mol. The lowest BCUT2D eigenvalue weighted by Gasteiger charge is -2.40. The Morgan fingerprint density at radius 2 is 1.79 bits per heavy atom. The Morgan fingerprint density at radius 1 is 1.11 bits per heavy atom. The minimum Gasteiger partial charge on any atom is -0.394 e. The van der Waals surface area contributed by atoms with Crippen LogP contribution < -0.4 is 0 Å². The summed E-state index contributed by atoms with van der Waals surface area (Å²) in [5, 5.41) is 37.8. The van der Waals surface area contributed by atoms with Crippen LogP contribution in [-0.2, 0) is 9.47 Å². The van der Waals surface area contributed by atoms with Gasteiger partial charge in [0.15, 0.2) is 6.29 Å². The molecular formula is C13H18O6. The fourth-order valence-corrected chi connectivity index (χ4v) is 2.05. The maximum Gasteiger partial charge on any atom is 0.184 e. The number of aliphatic hydroxyl groups is 4. The molecule has 0 amide bonds. The molecule has 1 saturated heterocycles. The van der Waals surface area contributed by atoms with E-state index in [1.807, 2.05) is 6.07 Å². The van der Waals surface area contributed by atoms with Gasteiger partial charge in [-0.05, 0) is 0 Å². The number of hydrogen-bond donors (Lipinski definition) is 4. The Hall–Kier alpha value is -1.02. The van der Waals surface area contributed by atoms with Gasteiger partial charge in [0.05, 0.1) is 13.2 Å². The fourth-order valence-electron chi connectivity index (χ4n) is 2.05. The van der Waals surface area contributed by atoms with Crippen LogP contribution in [0.2, 0.25) is 0 Å². The zero-order valence-corrected chi connectivity index (χ0v) is 10.3. The largest absolute Gasteiger partial charge is 0.394 e. The Kier molecular flexibility index (Phi) is 4.87. The van der Waals surface area contributed by atoms with E-state index >= 15 is 0 Å². The van der Waals surface area contributed by atoms with Crippen LogP contribution in [0.15, 0.2) is 30.3 Å². The van der Waals surface area contributed by atoms with Gasteiger partial charge in [0.1, 0.15) is 24.4 Å². The summed E-state index contributed by atoms with van der Waals surface area (Å²) < 4.78 is 10.9. The van der Waals surface area contributed by atoms with Crippen LogP contribution in [-0.4, -0.2) is 58.1 Å². The first kappa shape index (κ1) is 14.4. The summed E-state index contributed by atoms with van der Waals surface area (Å²) in [6, 6.07) is 9.00. The van der Waals surface area contributed by atoms with Crippen molar-refractivity contribution >= 4 is 0 Å². The summed E-state index contributed by atoms with van der Waals surface area (Å²) in [5.74, 6) is 0. The van der Waals surface area contributed by atoms with Crippen molar-refractivity contribution in [1.29, 1.82) is 0 Å². The molecule has 0 saturated carbocycles. The molecule has 0 aliphatic carbocycles. The van der Waals surface area contributed by atoms with Crippen molar-refractivity contribution in [2.45, 2.75) is 30.7 Å². The molecule has 0 aromatic heterocycles. The monoisotopic (exact) mass is 270 g/mol. The summed E-state index contributed by atoms with van der Waals surface area (Å²) in [6.07, 6.45) is -5.12. The van der Waals surface area contributed by atoms with Gasteiger partial charge in [-0.3, -0.25) is 0 Å². The third-order valence-corrected chi connectivity index (χ3v) is 3.11. The fraction of sp³-hybridized carbons (Fsp3) is 0.538. The van der Waals surface area contributed by atoms with E-state index in [9.17, 15) is 15.3 Å². The lowest BCUT2D eigenvalue weighted by Crippen LogP contribution is -2.54. The molecule has 0 unspecified atom stereocenters. The first-order valence-electron chi connectivity index (χ1n) is 6.11. The normalized spacial score (nSPS) is 33.1. The Morgan fingerprint density at radius 3 is 2.37 bits per heavy atom. The van der Waals surface area contributed by atoms with Crippen molar-refractivity contribution in [1.82, 2.24) is 0 Å². The van der Waals surface area contributed by atoms with Gasteiger partial charge in [-0.1, -0.05) is 30.3 Å². The number of ether oxygens (including phenoxy) is 2. The van der Waals surface area contributed by atoms with E-state index < -0.39 is 43.9 Å². The van der Waals surface area contributed by atoms with E-state index in [2.05, 4.69) is 0 Å². The van der Waals surface area contributed by atoms with Gasteiger partial charge in [-0.15, -0.1) is 0 Å². The Balaban J connectivity index is 2.18. The lowest BCUT2D eigenvalue weighted by molar-refractivity contribution is -0.310. The molecule has 2 rings (SSSR count). The second kappa shape index (κ2) is 6.42. The Bertz CT molecular complexity index is 384. The molecule has 1 heterocycles. The molecule has 1 aliphatic rings. The van der Waals surface area contributed by atoms with Crippen LogP contribution in [0.5, 0.6) is 0 Å². The van der Waals surface area contributed by atoms with Crippen LogP contribution in [0.3, 0.4) is 0 Å². The molecule has 1 aromatic carbocycles. The highest BCUT2D eigenvalue weighted by Gasteiger charge is 2.42. The maximum absolute atomic E-state index is 9.91. The average Bonchev–Trinajstić information content (AvgIpc) is 2.47. The molecule has 0 spiro atoms.